The summed E-state index contributed by atoms with van der Waals surface area (Å²) in [7, 11) is -4.27. The zero-order valence-electron chi connectivity index (χ0n) is 14.6. The molecule has 152 valence electrons. The largest absolute Gasteiger partial charge is 0.587 e. The Morgan fingerprint density at radius 3 is 1.89 bits per heavy atom. The monoisotopic (exact) mass is 414 g/mol. The normalized spacial score (nSPS) is 27.9. The number of aliphatic hydroxyl groups excluding tert-OH is 3. The zero-order valence-corrected chi connectivity index (χ0v) is 15.5. The summed E-state index contributed by atoms with van der Waals surface area (Å²) in [6.45, 7) is -0.623. The van der Waals surface area contributed by atoms with Crippen LogP contribution in [0.2, 0.25) is 0 Å². The summed E-state index contributed by atoms with van der Waals surface area (Å²) in [5, 5.41) is 28.8. The Kier molecular flexibility index (Phi) is 6.66. The van der Waals surface area contributed by atoms with Crippen LogP contribution in [0.3, 0.4) is 0 Å². The van der Waals surface area contributed by atoms with Crippen LogP contribution in [0, 0.1) is 0 Å². The summed E-state index contributed by atoms with van der Waals surface area (Å²) in [4.78, 5) is 0. The first-order valence-corrected chi connectivity index (χ1v) is 9.91. The van der Waals surface area contributed by atoms with E-state index in [-0.39, 0.29) is 11.5 Å². The van der Waals surface area contributed by atoms with Gasteiger partial charge in [0, 0.05) is 0 Å². The van der Waals surface area contributed by atoms with Crippen LogP contribution < -0.4 is 9.05 Å². The van der Waals surface area contributed by atoms with Crippen molar-refractivity contribution in [3.05, 3.63) is 60.7 Å². The van der Waals surface area contributed by atoms with E-state index in [1.165, 1.54) is 24.3 Å². The van der Waals surface area contributed by atoms with Crippen molar-refractivity contribution >= 4 is 7.82 Å². The van der Waals surface area contributed by atoms with Crippen molar-refractivity contribution in [2.45, 2.75) is 30.8 Å². The minimum absolute atomic E-state index is 0.200. The summed E-state index contributed by atoms with van der Waals surface area (Å²) in [6, 6.07) is 16.2. The van der Waals surface area contributed by atoms with Crippen LogP contribution in [0.1, 0.15) is 0 Å². The van der Waals surface area contributed by atoms with E-state index in [0.717, 1.165) is 0 Å². The molecular formula is C18H20FO8P. The van der Waals surface area contributed by atoms with Gasteiger partial charge in [-0.2, -0.15) is 0 Å². The fourth-order valence-electron chi connectivity index (χ4n) is 2.50. The van der Waals surface area contributed by atoms with E-state index in [2.05, 4.69) is 0 Å². The smallest absolute Gasteiger partial charge is 0.395 e. The molecule has 3 unspecified atom stereocenters. The Hall–Kier alpha value is -2.00. The van der Waals surface area contributed by atoms with Crippen LogP contribution in [0.4, 0.5) is 4.39 Å². The predicted octanol–water partition coefficient (Wildman–Crippen LogP) is 2.05. The fourth-order valence-corrected chi connectivity index (χ4v) is 3.73. The Morgan fingerprint density at radius 1 is 0.893 bits per heavy atom. The summed E-state index contributed by atoms with van der Waals surface area (Å²) >= 11 is 0. The maximum atomic E-state index is 13.9. The van der Waals surface area contributed by atoms with E-state index in [4.69, 9.17) is 18.3 Å². The van der Waals surface area contributed by atoms with Gasteiger partial charge in [0.25, 0.3) is 0 Å². The highest BCUT2D eigenvalue weighted by Crippen LogP contribution is 2.50. The molecule has 2 aromatic carbocycles. The first kappa shape index (κ1) is 20.7. The van der Waals surface area contributed by atoms with Gasteiger partial charge in [-0.25, -0.2) is 8.96 Å². The van der Waals surface area contributed by atoms with E-state index in [0.29, 0.717) is 0 Å². The number of phosphoric acid groups is 1. The van der Waals surface area contributed by atoms with E-state index < -0.39 is 45.2 Å². The Balaban J connectivity index is 1.74. The van der Waals surface area contributed by atoms with Gasteiger partial charge >= 0.3 is 7.82 Å². The molecule has 1 aliphatic rings. The number of hydrogen-bond donors (Lipinski definition) is 3. The molecule has 0 saturated carbocycles. The highest BCUT2D eigenvalue weighted by molar-refractivity contribution is 7.49. The summed E-state index contributed by atoms with van der Waals surface area (Å²) in [5.41, 5.74) is 0. The molecule has 5 atom stereocenters. The fraction of sp³-hybridized carbons (Fsp3) is 0.333. The molecule has 0 bridgehead atoms. The maximum absolute atomic E-state index is 13.9. The third-order valence-electron chi connectivity index (χ3n) is 3.96. The number of para-hydroxylation sites is 2. The molecular weight excluding hydrogens is 394 g/mol. The van der Waals surface area contributed by atoms with Gasteiger partial charge in [-0.3, -0.25) is 4.52 Å². The molecule has 1 heterocycles. The lowest BCUT2D eigenvalue weighted by Crippen LogP contribution is -2.56. The minimum Gasteiger partial charge on any atom is -0.395 e. The summed E-state index contributed by atoms with van der Waals surface area (Å²) in [6.07, 6.45) is -9.14. The molecule has 3 rings (SSSR count). The van der Waals surface area contributed by atoms with Crippen molar-refractivity contribution in [1.82, 2.24) is 0 Å². The summed E-state index contributed by atoms with van der Waals surface area (Å²) in [5.74, 6) is 0.399. The standard InChI is InChI=1S/C18H20FO8P/c19-15-16(20)14(25-18(22)17(15)21)11-24-28(23,26-12-7-3-1-4-8-12)27-13-9-5-2-6-10-13/h1-10,14-18,20-22H,11H2/t14?,15?,16-,17?,18-/m1/s1. The number of halogens is 1. The van der Waals surface area contributed by atoms with Crippen LogP contribution in [0.25, 0.3) is 0 Å². The average molecular weight is 414 g/mol. The molecule has 0 spiro atoms. The van der Waals surface area contributed by atoms with Gasteiger partial charge in [0.05, 0.1) is 6.61 Å². The lowest BCUT2D eigenvalue weighted by atomic mass is 10.0. The van der Waals surface area contributed by atoms with Gasteiger partial charge in [-0.15, -0.1) is 0 Å². The van der Waals surface area contributed by atoms with Crippen LogP contribution in [0.5, 0.6) is 11.5 Å². The highest BCUT2D eigenvalue weighted by Gasteiger charge is 2.45. The van der Waals surface area contributed by atoms with Gasteiger partial charge in [0.15, 0.2) is 12.5 Å². The Morgan fingerprint density at radius 2 is 1.39 bits per heavy atom. The van der Waals surface area contributed by atoms with Gasteiger partial charge < -0.3 is 29.1 Å². The molecule has 8 nitrogen and oxygen atoms in total. The molecule has 28 heavy (non-hydrogen) atoms. The number of rotatable bonds is 7. The number of ether oxygens (including phenoxy) is 1. The lowest BCUT2D eigenvalue weighted by Gasteiger charge is -2.37. The molecule has 0 aromatic heterocycles. The van der Waals surface area contributed by atoms with E-state index >= 15 is 0 Å². The first-order chi connectivity index (χ1) is 13.4. The van der Waals surface area contributed by atoms with Crippen LogP contribution in [-0.4, -0.2) is 52.7 Å². The molecule has 0 aliphatic carbocycles. The molecule has 1 aliphatic heterocycles. The van der Waals surface area contributed by atoms with Crippen molar-refractivity contribution < 1.29 is 42.6 Å². The van der Waals surface area contributed by atoms with Crippen molar-refractivity contribution in [3.63, 3.8) is 0 Å². The third-order valence-corrected chi connectivity index (χ3v) is 5.29. The maximum Gasteiger partial charge on any atom is 0.587 e. The van der Waals surface area contributed by atoms with Gasteiger partial charge in [-0.05, 0) is 24.3 Å². The van der Waals surface area contributed by atoms with Crippen molar-refractivity contribution in [2.24, 2.45) is 0 Å². The van der Waals surface area contributed by atoms with Crippen molar-refractivity contribution in [1.29, 1.82) is 0 Å². The van der Waals surface area contributed by atoms with Crippen molar-refractivity contribution in [3.8, 4) is 11.5 Å². The molecule has 1 saturated heterocycles. The topological polar surface area (TPSA) is 115 Å². The molecule has 3 N–H and O–H groups in total. The predicted molar refractivity (Wildman–Crippen MR) is 95.5 cm³/mol. The number of benzene rings is 2. The van der Waals surface area contributed by atoms with E-state index in [1.807, 2.05) is 0 Å². The zero-order chi connectivity index (χ0) is 20.1. The van der Waals surface area contributed by atoms with Gasteiger partial charge in [-0.1, -0.05) is 36.4 Å². The van der Waals surface area contributed by atoms with Crippen LogP contribution >= 0.6 is 7.82 Å². The number of phosphoric ester groups is 1. The number of alkyl halides is 1. The first-order valence-electron chi connectivity index (χ1n) is 8.45. The SMILES string of the molecule is O=P(OCC1O[C@@H](O)C(O)C(F)[C@@H]1O)(Oc1ccccc1)Oc1ccccc1. The molecule has 0 radical (unpaired) electrons. The Labute approximate surface area is 160 Å². The van der Waals surface area contributed by atoms with Gasteiger partial charge in [0.1, 0.15) is 29.8 Å². The van der Waals surface area contributed by atoms with Gasteiger partial charge in [0.2, 0.25) is 0 Å². The minimum atomic E-state index is -4.27. The number of aliphatic hydroxyl groups is 3. The summed E-state index contributed by atoms with van der Waals surface area (Å²) < 4.78 is 47.9. The highest BCUT2D eigenvalue weighted by atomic mass is 31.2. The van der Waals surface area contributed by atoms with Crippen LogP contribution in [0.15, 0.2) is 60.7 Å². The molecule has 2 aromatic rings. The van der Waals surface area contributed by atoms with E-state index in [9.17, 15) is 24.3 Å². The molecule has 1 fully saturated rings. The second kappa shape index (κ2) is 9.00. The molecule has 0 amide bonds. The molecule has 10 heteroatoms. The van der Waals surface area contributed by atoms with Crippen LogP contribution in [-0.2, 0) is 13.8 Å². The Bertz CT molecular complexity index is 747. The average Bonchev–Trinajstić information content (AvgIpc) is 2.69. The lowest BCUT2D eigenvalue weighted by molar-refractivity contribution is -0.273. The number of hydrogen-bond acceptors (Lipinski definition) is 8. The van der Waals surface area contributed by atoms with E-state index in [1.54, 1.807) is 36.4 Å². The third kappa shape index (κ3) is 5.08. The quantitative estimate of drug-likeness (QED) is 0.590. The van der Waals surface area contributed by atoms with Crippen molar-refractivity contribution in [2.75, 3.05) is 6.61 Å². The second-order valence-corrected chi connectivity index (χ2v) is 7.56. The second-order valence-electron chi connectivity index (χ2n) is 6.04.